The molecule has 1 rings (SSSR count). The van der Waals surface area contributed by atoms with Gasteiger partial charge >= 0.3 is 0 Å². The van der Waals surface area contributed by atoms with Crippen molar-refractivity contribution < 1.29 is 13.2 Å². The summed E-state index contributed by atoms with van der Waals surface area (Å²) in [6.07, 6.45) is 4.96. The number of allylic oxidation sites excluding steroid dienone is 1. The second kappa shape index (κ2) is 6.10. The standard InChI is InChI=1S/C11H13BrN2O3S/c1-3-4-8(2)11(15)14-18(16,17)10-5-9(12)6-13-7-10/h4-7H,3H2,1-2H3,(H,14,15). The van der Waals surface area contributed by atoms with Crippen molar-refractivity contribution in [2.45, 2.75) is 25.2 Å². The summed E-state index contributed by atoms with van der Waals surface area (Å²) in [7, 11) is -3.88. The van der Waals surface area contributed by atoms with Gasteiger partial charge in [0, 0.05) is 22.4 Å². The molecule has 1 aromatic heterocycles. The maximum Gasteiger partial charge on any atom is 0.265 e. The number of pyridine rings is 1. The van der Waals surface area contributed by atoms with Crippen molar-refractivity contribution in [2.24, 2.45) is 0 Å². The van der Waals surface area contributed by atoms with Crippen LogP contribution in [0.1, 0.15) is 20.3 Å². The van der Waals surface area contributed by atoms with Gasteiger partial charge in [0.2, 0.25) is 0 Å². The van der Waals surface area contributed by atoms with E-state index in [1.165, 1.54) is 18.5 Å². The van der Waals surface area contributed by atoms with Crippen LogP contribution in [0.25, 0.3) is 0 Å². The van der Waals surface area contributed by atoms with Crippen LogP contribution >= 0.6 is 15.9 Å². The molecule has 1 N–H and O–H groups in total. The zero-order valence-electron chi connectivity index (χ0n) is 9.97. The van der Waals surface area contributed by atoms with Crippen molar-refractivity contribution in [3.63, 3.8) is 0 Å². The maximum absolute atomic E-state index is 11.9. The van der Waals surface area contributed by atoms with Crippen LogP contribution in [0.5, 0.6) is 0 Å². The number of rotatable bonds is 4. The molecule has 0 fully saturated rings. The van der Waals surface area contributed by atoms with E-state index in [4.69, 9.17) is 0 Å². The summed E-state index contributed by atoms with van der Waals surface area (Å²) in [6.45, 7) is 3.43. The van der Waals surface area contributed by atoms with Crippen LogP contribution in [0.3, 0.4) is 0 Å². The molecule has 1 amide bonds. The number of carbonyl (C=O) groups excluding carboxylic acids is 1. The molecule has 0 saturated heterocycles. The molecule has 0 aliphatic rings. The number of hydrogen-bond acceptors (Lipinski definition) is 4. The zero-order valence-corrected chi connectivity index (χ0v) is 12.4. The predicted molar refractivity (Wildman–Crippen MR) is 71.3 cm³/mol. The first-order valence-electron chi connectivity index (χ1n) is 5.21. The summed E-state index contributed by atoms with van der Waals surface area (Å²) in [6, 6.07) is 1.38. The van der Waals surface area contributed by atoms with Crippen LogP contribution in [0.2, 0.25) is 0 Å². The molecule has 0 aliphatic carbocycles. The second-order valence-electron chi connectivity index (χ2n) is 3.57. The molecule has 7 heteroatoms. The molecule has 5 nitrogen and oxygen atoms in total. The molecule has 1 heterocycles. The fraction of sp³-hybridized carbons (Fsp3) is 0.273. The molecule has 0 aliphatic heterocycles. The smallest absolute Gasteiger partial charge is 0.265 e. The van der Waals surface area contributed by atoms with Crippen LogP contribution in [0, 0.1) is 0 Å². The van der Waals surface area contributed by atoms with Crippen LogP contribution in [0.4, 0.5) is 0 Å². The summed E-state index contributed by atoms with van der Waals surface area (Å²) in [4.78, 5) is 15.3. The Hall–Kier alpha value is -1.21. The summed E-state index contributed by atoms with van der Waals surface area (Å²) in [5.41, 5.74) is 0.365. The van der Waals surface area contributed by atoms with Gasteiger partial charge in [-0.3, -0.25) is 9.78 Å². The molecular weight excluding hydrogens is 320 g/mol. The molecule has 0 radical (unpaired) electrons. The molecule has 0 bridgehead atoms. The van der Waals surface area contributed by atoms with Crippen molar-refractivity contribution in [1.82, 2.24) is 9.71 Å². The summed E-state index contributed by atoms with van der Waals surface area (Å²) in [5, 5.41) is 0. The van der Waals surface area contributed by atoms with Gasteiger partial charge in [-0.1, -0.05) is 13.0 Å². The third-order valence-electron chi connectivity index (χ3n) is 2.09. The summed E-state index contributed by atoms with van der Waals surface area (Å²) < 4.78 is 26.3. The topological polar surface area (TPSA) is 76.1 Å². The lowest BCUT2D eigenvalue weighted by atomic mass is 10.2. The number of carbonyl (C=O) groups is 1. The van der Waals surface area contributed by atoms with Crippen molar-refractivity contribution in [2.75, 3.05) is 0 Å². The first-order chi connectivity index (χ1) is 8.36. The van der Waals surface area contributed by atoms with Crippen LogP contribution in [-0.2, 0) is 14.8 Å². The Morgan fingerprint density at radius 3 is 2.72 bits per heavy atom. The normalized spacial score (nSPS) is 12.3. The monoisotopic (exact) mass is 332 g/mol. The average Bonchev–Trinajstić information content (AvgIpc) is 2.28. The summed E-state index contributed by atoms with van der Waals surface area (Å²) >= 11 is 3.12. The molecular formula is C11H13BrN2O3S. The van der Waals surface area contributed by atoms with Crippen molar-refractivity contribution in [3.8, 4) is 0 Å². The number of sulfonamides is 1. The highest BCUT2D eigenvalue weighted by Gasteiger charge is 2.18. The van der Waals surface area contributed by atoms with Gasteiger partial charge in [-0.15, -0.1) is 0 Å². The summed E-state index contributed by atoms with van der Waals surface area (Å²) in [5.74, 6) is -0.628. The molecule has 0 aromatic carbocycles. The predicted octanol–water partition coefficient (Wildman–Crippen LogP) is 2.01. The van der Waals surface area contributed by atoms with E-state index in [-0.39, 0.29) is 4.90 Å². The van der Waals surface area contributed by atoms with Gasteiger partial charge in [-0.05, 0) is 35.3 Å². The Balaban J connectivity index is 2.96. The first-order valence-corrected chi connectivity index (χ1v) is 7.49. The Kier molecular flexibility index (Phi) is 5.03. The lowest BCUT2D eigenvalue weighted by Crippen LogP contribution is -2.31. The van der Waals surface area contributed by atoms with Crippen molar-refractivity contribution in [3.05, 3.63) is 34.6 Å². The Labute approximate surface area is 114 Å². The Bertz CT molecular complexity index is 582. The molecule has 0 spiro atoms. The van der Waals surface area contributed by atoms with E-state index < -0.39 is 15.9 Å². The fourth-order valence-electron chi connectivity index (χ4n) is 1.20. The SMILES string of the molecule is CCC=C(C)C(=O)NS(=O)(=O)c1cncc(Br)c1. The second-order valence-corrected chi connectivity index (χ2v) is 6.17. The first kappa shape index (κ1) is 14.8. The quantitative estimate of drug-likeness (QED) is 0.855. The third kappa shape index (κ3) is 3.92. The third-order valence-corrected chi connectivity index (χ3v) is 3.82. The van der Waals surface area contributed by atoms with Crippen LogP contribution < -0.4 is 4.72 Å². The van der Waals surface area contributed by atoms with Gasteiger partial charge in [0.15, 0.2) is 0 Å². The number of hydrogen-bond donors (Lipinski definition) is 1. The molecule has 1 aromatic rings. The highest BCUT2D eigenvalue weighted by atomic mass is 79.9. The maximum atomic E-state index is 11.9. The molecule has 0 atom stereocenters. The van der Waals surface area contributed by atoms with E-state index >= 15 is 0 Å². The lowest BCUT2D eigenvalue weighted by Gasteiger charge is -2.06. The molecule has 0 unspecified atom stereocenters. The van der Waals surface area contributed by atoms with Gasteiger partial charge in [0.05, 0.1) is 0 Å². The van der Waals surface area contributed by atoms with Gasteiger partial charge in [-0.25, -0.2) is 13.1 Å². The minimum Gasteiger partial charge on any atom is -0.269 e. The number of nitrogens with zero attached hydrogens (tertiary/aromatic N) is 1. The lowest BCUT2D eigenvalue weighted by molar-refractivity contribution is -0.115. The van der Waals surface area contributed by atoms with E-state index in [0.717, 1.165) is 0 Å². The minimum absolute atomic E-state index is 0.0606. The number of aromatic nitrogens is 1. The van der Waals surface area contributed by atoms with Crippen LogP contribution in [0.15, 0.2) is 39.5 Å². The van der Waals surface area contributed by atoms with E-state index in [2.05, 4.69) is 20.9 Å². The van der Waals surface area contributed by atoms with E-state index in [1.807, 2.05) is 11.6 Å². The van der Waals surface area contributed by atoms with Gasteiger partial charge in [-0.2, -0.15) is 0 Å². The van der Waals surface area contributed by atoms with Gasteiger partial charge < -0.3 is 0 Å². The average molecular weight is 333 g/mol. The molecule has 0 saturated carbocycles. The highest BCUT2D eigenvalue weighted by Crippen LogP contribution is 2.14. The van der Waals surface area contributed by atoms with Gasteiger partial charge in [0.25, 0.3) is 15.9 Å². The number of nitrogens with one attached hydrogen (secondary N) is 1. The fourth-order valence-corrected chi connectivity index (χ4v) is 2.72. The van der Waals surface area contributed by atoms with Crippen molar-refractivity contribution >= 4 is 31.9 Å². The van der Waals surface area contributed by atoms with Crippen LogP contribution in [-0.4, -0.2) is 19.3 Å². The Morgan fingerprint density at radius 1 is 1.50 bits per heavy atom. The van der Waals surface area contributed by atoms with Crippen molar-refractivity contribution in [1.29, 1.82) is 0 Å². The van der Waals surface area contributed by atoms with E-state index in [9.17, 15) is 13.2 Å². The number of amides is 1. The largest absolute Gasteiger partial charge is 0.269 e. The number of halogens is 1. The van der Waals surface area contributed by atoms with E-state index in [1.54, 1.807) is 13.0 Å². The zero-order chi connectivity index (χ0) is 13.8. The molecule has 98 valence electrons. The highest BCUT2D eigenvalue weighted by molar-refractivity contribution is 9.10. The molecule has 18 heavy (non-hydrogen) atoms. The van der Waals surface area contributed by atoms with Gasteiger partial charge in [0.1, 0.15) is 4.90 Å². The van der Waals surface area contributed by atoms with E-state index in [0.29, 0.717) is 16.5 Å². The Morgan fingerprint density at radius 2 is 2.17 bits per heavy atom. The minimum atomic E-state index is -3.88.